The molecule has 0 heterocycles. The Hall–Kier alpha value is -1.94. The van der Waals surface area contributed by atoms with E-state index in [4.69, 9.17) is 10.5 Å². The third-order valence-corrected chi connectivity index (χ3v) is 3.41. The third-order valence-electron chi connectivity index (χ3n) is 2.56. The van der Waals surface area contributed by atoms with Crippen molar-refractivity contribution in [3.8, 4) is 5.75 Å². The van der Waals surface area contributed by atoms with Crippen LogP contribution in [0.5, 0.6) is 5.75 Å². The zero-order valence-electron chi connectivity index (χ0n) is 10.7. The van der Waals surface area contributed by atoms with Crippen LogP contribution in [0.2, 0.25) is 0 Å². The van der Waals surface area contributed by atoms with Crippen LogP contribution in [0.25, 0.3) is 0 Å². The summed E-state index contributed by atoms with van der Waals surface area (Å²) in [4.78, 5) is 4.35. The summed E-state index contributed by atoms with van der Waals surface area (Å²) in [5.74, 6) is 1.62. The number of nitrogens with two attached hydrogens (primary N) is 1. The van der Waals surface area contributed by atoms with E-state index in [0.29, 0.717) is 5.17 Å². The van der Waals surface area contributed by atoms with Gasteiger partial charge in [0.15, 0.2) is 5.17 Å². The quantitative estimate of drug-likeness (QED) is 0.683. The lowest BCUT2D eigenvalue weighted by atomic mass is 10.2. The molecule has 0 unspecified atom stereocenters. The van der Waals surface area contributed by atoms with Crippen LogP contribution in [-0.2, 0) is 5.75 Å². The van der Waals surface area contributed by atoms with Crippen molar-refractivity contribution in [3.05, 3.63) is 60.2 Å². The lowest BCUT2D eigenvalue weighted by Crippen LogP contribution is -2.06. The molecule has 2 rings (SSSR count). The zero-order chi connectivity index (χ0) is 13.5. The lowest BCUT2D eigenvalue weighted by molar-refractivity contribution is 0.411. The number of para-hydroxylation sites is 2. The fraction of sp³-hybridized carbons (Fsp3) is 0.133. The maximum atomic E-state index is 5.92. The molecule has 0 amide bonds. The number of hydrogen-bond donors (Lipinski definition) is 1. The lowest BCUT2D eigenvalue weighted by Gasteiger charge is -2.07. The first-order valence-electron chi connectivity index (χ1n) is 5.93. The van der Waals surface area contributed by atoms with E-state index in [1.165, 1.54) is 11.8 Å². The minimum Gasteiger partial charge on any atom is -0.496 e. The molecule has 0 bridgehead atoms. The average Bonchev–Trinajstić information content (AvgIpc) is 2.46. The maximum Gasteiger partial charge on any atom is 0.159 e. The van der Waals surface area contributed by atoms with Crippen molar-refractivity contribution in [1.29, 1.82) is 0 Å². The molecular weight excluding hydrogens is 256 g/mol. The van der Waals surface area contributed by atoms with Crippen molar-refractivity contribution in [2.45, 2.75) is 5.75 Å². The monoisotopic (exact) mass is 272 g/mol. The number of hydrogen-bond acceptors (Lipinski definition) is 3. The van der Waals surface area contributed by atoms with Gasteiger partial charge in [0.25, 0.3) is 0 Å². The SMILES string of the molecule is COc1ccccc1CSC(N)=Nc1ccccc1. The van der Waals surface area contributed by atoms with Gasteiger partial charge in [-0.2, -0.15) is 0 Å². The fourth-order valence-corrected chi connectivity index (χ4v) is 2.35. The van der Waals surface area contributed by atoms with Gasteiger partial charge in [-0.15, -0.1) is 0 Å². The van der Waals surface area contributed by atoms with E-state index in [-0.39, 0.29) is 0 Å². The molecule has 0 radical (unpaired) electrons. The molecule has 0 aliphatic heterocycles. The highest BCUT2D eigenvalue weighted by molar-refractivity contribution is 8.13. The van der Waals surface area contributed by atoms with E-state index < -0.39 is 0 Å². The molecule has 19 heavy (non-hydrogen) atoms. The van der Waals surface area contributed by atoms with E-state index in [2.05, 4.69) is 4.99 Å². The van der Waals surface area contributed by atoms with Crippen molar-refractivity contribution in [1.82, 2.24) is 0 Å². The zero-order valence-corrected chi connectivity index (χ0v) is 11.6. The van der Waals surface area contributed by atoms with Crippen LogP contribution >= 0.6 is 11.8 Å². The van der Waals surface area contributed by atoms with Crippen molar-refractivity contribution in [2.24, 2.45) is 10.7 Å². The number of methoxy groups -OCH3 is 1. The van der Waals surface area contributed by atoms with E-state index in [1.807, 2.05) is 54.6 Å². The summed E-state index contributed by atoms with van der Waals surface area (Å²) in [6.07, 6.45) is 0. The van der Waals surface area contributed by atoms with Crippen molar-refractivity contribution in [2.75, 3.05) is 7.11 Å². The summed E-state index contributed by atoms with van der Waals surface area (Å²) in [5.41, 5.74) is 7.90. The molecule has 2 N–H and O–H groups in total. The van der Waals surface area contributed by atoms with Crippen molar-refractivity contribution in [3.63, 3.8) is 0 Å². The normalized spacial score (nSPS) is 11.3. The van der Waals surface area contributed by atoms with Crippen LogP contribution in [-0.4, -0.2) is 12.3 Å². The number of benzene rings is 2. The largest absolute Gasteiger partial charge is 0.496 e. The van der Waals surface area contributed by atoms with Crippen molar-refractivity contribution < 1.29 is 4.74 Å². The number of rotatable bonds is 4. The average molecular weight is 272 g/mol. The van der Waals surface area contributed by atoms with Gasteiger partial charge in [-0.3, -0.25) is 0 Å². The number of amidine groups is 1. The summed E-state index contributed by atoms with van der Waals surface area (Å²) >= 11 is 1.50. The van der Waals surface area contributed by atoms with Gasteiger partial charge in [0, 0.05) is 11.3 Å². The molecule has 0 fully saturated rings. The predicted octanol–water partition coefficient (Wildman–Crippen LogP) is 3.57. The highest BCUT2D eigenvalue weighted by atomic mass is 32.2. The molecule has 98 valence electrons. The molecule has 0 aliphatic rings. The number of thioether (sulfide) groups is 1. The predicted molar refractivity (Wildman–Crippen MR) is 82.0 cm³/mol. The van der Waals surface area contributed by atoms with Gasteiger partial charge >= 0.3 is 0 Å². The molecule has 0 saturated heterocycles. The Morgan fingerprint density at radius 3 is 2.53 bits per heavy atom. The topological polar surface area (TPSA) is 47.6 Å². The van der Waals surface area contributed by atoms with E-state index >= 15 is 0 Å². The molecule has 2 aromatic rings. The van der Waals surface area contributed by atoms with Gasteiger partial charge in [-0.25, -0.2) is 4.99 Å². The Balaban J connectivity index is 2.00. The van der Waals surface area contributed by atoms with Gasteiger partial charge in [-0.1, -0.05) is 48.2 Å². The van der Waals surface area contributed by atoms with Crippen LogP contribution < -0.4 is 10.5 Å². The Bertz CT molecular complexity index is 555. The summed E-state index contributed by atoms with van der Waals surface area (Å²) in [5, 5.41) is 0.553. The maximum absolute atomic E-state index is 5.92. The summed E-state index contributed by atoms with van der Waals surface area (Å²) in [7, 11) is 1.67. The van der Waals surface area contributed by atoms with Gasteiger partial charge in [0.05, 0.1) is 12.8 Å². The standard InChI is InChI=1S/C15H16N2OS/c1-18-14-10-6-5-7-12(14)11-19-15(16)17-13-8-3-2-4-9-13/h2-10H,11H2,1H3,(H2,16,17). The molecule has 2 aromatic carbocycles. The molecule has 4 heteroatoms. The fourth-order valence-electron chi connectivity index (χ4n) is 1.64. The molecule has 0 aromatic heterocycles. The first-order chi connectivity index (χ1) is 9.29. The number of nitrogens with zero attached hydrogens (tertiary/aromatic N) is 1. The molecule has 3 nitrogen and oxygen atoms in total. The molecule has 0 atom stereocenters. The van der Waals surface area contributed by atoms with Crippen LogP contribution in [0.15, 0.2) is 59.6 Å². The van der Waals surface area contributed by atoms with E-state index in [9.17, 15) is 0 Å². The highest BCUT2D eigenvalue weighted by Crippen LogP contribution is 2.23. The first-order valence-corrected chi connectivity index (χ1v) is 6.92. The smallest absolute Gasteiger partial charge is 0.159 e. The molecule has 0 spiro atoms. The Morgan fingerprint density at radius 1 is 1.11 bits per heavy atom. The van der Waals surface area contributed by atoms with Crippen LogP contribution in [0.3, 0.4) is 0 Å². The second-order valence-electron chi connectivity index (χ2n) is 3.89. The van der Waals surface area contributed by atoms with Crippen molar-refractivity contribution >= 4 is 22.6 Å². The molecule has 0 aliphatic carbocycles. The Kier molecular flexibility index (Phi) is 4.86. The Labute approximate surface area is 117 Å². The minimum absolute atomic E-state index is 0.553. The van der Waals surface area contributed by atoms with E-state index in [1.54, 1.807) is 7.11 Å². The summed E-state index contributed by atoms with van der Waals surface area (Å²) in [6.45, 7) is 0. The Morgan fingerprint density at radius 2 is 1.79 bits per heavy atom. The highest BCUT2D eigenvalue weighted by Gasteiger charge is 2.03. The number of ether oxygens (including phenoxy) is 1. The molecule has 0 saturated carbocycles. The van der Waals surface area contributed by atoms with Gasteiger partial charge in [0.2, 0.25) is 0 Å². The van der Waals surface area contributed by atoms with Crippen LogP contribution in [0.1, 0.15) is 5.56 Å². The van der Waals surface area contributed by atoms with Crippen LogP contribution in [0.4, 0.5) is 5.69 Å². The number of aliphatic imine (C=N–C) groups is 1. The second kappa shape index (κ2) is 6.85. The van der Waals surface area contributed by atoms with E-state index in [0.717, 1.165) is 22.8 Å². The van der Waals surface area contributed by atoms with Gasteiger partial charge in [0.1, 0.15) is 5.75 Å². The van der Waals surface area contributed by atoms with Crippen LogP contribution in [0, 0.1) is 0 Å². The third kappa shape index (κ3) is 4.03. The second-order valence-corrected chi connectivity index (χ2v) is 4.88. The minimum atomic E-state index is 0.553. The van der Waals surface area contributed by atoms with Gasteiger partial charge < -0.3 is 10.5 Å². The summed E-state index contributed by atoms with van der Waals surface area (Å²) in [6, 6.07) is 17.6. The molecular formula is C15H16N2OS. The first kappa shape index (κ1) is 13.5. The van der Waals surface area contributed by atoms with Gasteiger partial charge in [-0.05, 0) is 18.2 Å². The summed E-state index contributed by atoms with van der Waals surface area (Å²) < 4.78 is 5.30.